The summed E-state index contributed by atoms with van der Waals surface area (Å²) in [4.78, 5) is 12.0. The van der Waals surface area contributed by atoms with E-state index >= 15 is 0 Å². The molecule has 0 aliphatic carbocycles. The lowest BCUT2D eigenvalue weighted by atomic mass is 9.88. The molecule has 100 valence electrons. The molecule has 0 bridgehead atoms. The van der Waals surface area contributed by atoms with Crippen LogP contribution in [0.15, 0.2) is 24.3 Å². The van der Waals surface area contributed by atoms with Gasteiger partial charge in [0.1, 0.15) is 0 Å². The molecule has 3 heteroatoms. The Labute approximate surface area is 115 Å². The normalized spacial score (nSPS) is 11.3. The van der Waals surface area contributed by atoms with Crippen LogP contribution >= 0.6 is 11.6 Å². The Morgan fingerprint density at radius 2 is 2.00 bits per heavy atom. The van der Waals surface area contributed by atoms with E-state index in [1.165, 1.54) is 0 Å². The highest BCUT2D eigenvalue weighted by molar-refractivity contribution is 6.17. The quantitative estimate of drug-likeness (QED) is 0.781. The number of carbonyl (C=O) groups is 1. The van der Waals surface area contributed by atoms with Gasteiger partial charge < -0.3 is 5.32 Å². The Bertz CT molecular complexity index is 401. The number of hydrogen-bond acceptors (Lipinski definition) is 1. The second kappa shape index (κ2) is 6.79. The highest BCUT2D eigenvalue weighted by atomic mass is 35.5. The average molecular weight is 268 g/mol. The Morgan fingerprint density at radius 1 is 1.33 bits per heavy atom. The Hall–Kier alpha value is -1.02. The molecule has 18 heavy (non-hydrogen) atoms. The van der Waals surface area contributed by atoms with E-state index in [0.717, 1.165) is 24.0 Å². The lowest BCUT2D eigenvalue weighted by Crippen LogP contribution is -2.34. The van der Waals surface area contributed by atoms with E-state index in [1.807, 2.05) is 31.2 Å². The molecule has 1 aromatic carbocycles. The maximum atomic E-state index is 12.0. The van der Waals surface area contributed by atoms with Crippen molar-refractivity contribution in [3.8, 4) is 0 Å². The summed E-state index contributed by atoms with van der Waals surface area (Å²) in [5.74, 6) is 0.682. The molecule has 1 aromatic rings. The fraction of sp³-hybridized carbons (Fsp3) is 0.533. The summed E-state index contributed by atoms with van der Waals surface area (Å²) in [6.45, 7) is 6.93. The van der Waals surface area contributed by atoms with Crippen molar-refractivity contribution in [3.05, 3.63) is 35.4 Å². The summed E-state index contributed by atoms with van der Waals surface area (Å²) >= 11 is 5.70. The first-order chi connectivity index (χ1) is 8.46. The van der Waals surface area contributed by atoms with Crippen LogP contribution in [0.1, 0.15) is 42.6 Å². The zero-order chi connectivity index (χ0) is 13.6. The van der Waals surface area contributed by atoms with Gasteiger partial charge in [0, 0.05) is 18.0 Å². The Kier molecular flexibility index (Phi) is 5.67. The van der Waals surface area contributed by atoms with E-state index in [-0.39, 0.29) is 11.3 Å². The molecule has 0 spiro atoms. The van der Waals surface area contributed by atoms with Gasteiger partial charge >= 0.3 is 0 Å². The Balaban J connectivity index is 2.54. The molecule has 0 saturated carbocycles. The lowest BCUT2D eigenvalue weighted by molar-refractivity contribution is 0.0934. The largest absolute Gasteiger partial charge is 0.351 e. The third-order valence-corrected chi connectivity index (χ3v) is 3.37. The van der Waals surface area contributed by atoms with Crippen LogP contribution in [0.3, 0.4) is 0 Å². The summed E-state index contributed by atoms with van der Waals surface area (Å²) in [7, 11) is 0. The van der Waals surface area contributed by atoms with Crippen LogP contribution in [0, 0.1) is 12.3 Å². The molecule has 0 saturated heterocycles. The summed E-state index contributed by atoms with van der Waals surface area (Å²) in [5, 5.41) is 3.01. The van der Waals surface area contributed by atoms with Gasteiger partial charge in [-0.2, -0.15) is 0 Å². The number of carbonyl (C=O) groups excluding carboxylic acids is 1. The molecule has 0 unspecified atom stereocenters. The molecule has 1 rings (SSSR count). The predicted molar refractivity (Wildman–Crippen MR) is 77.2 cm³/mol. The molecular weight excluding hydrogens is 246 g/mol. The van der Waals surface area contributed by atoms with Crippen LogP contribution in [0.5, 0.6) is 0 Å². The van der Waals surface area contributed by atoms with Gasteiger partial charge in [-0.15, -0.1) is 11.6 Å². The van der Waals surface area contributed by atoms with Gasteiger partial charge in [0.2, 0.25) is 0 Å². The molecule has 0 aliphatic heterocycles. The van der Waals surface area contributed by atoms with Gasteiger partial charge in [0.25, 0.3) is 5.91 Å². The minimum atomic E-state index is 0.00653. The molecule has 2 nitrogen and oxygen atoms in total. The first-order valence-corrected chi connectivity index (χ1v) is 6.89. The molecule has 0 radical (unpaired) electrons. The van der Waals surface area contributed by atoms with Crippen LogP contribution in [0.25, 0.3) is 0 Å². The summed E-state index contributed by atoms with van der Waals surface area (Å²) in [6.07, 6.45) is 2.00. The second-order valence-corrected chi connectivity index (χ2v) is 5.83. The number of nitrogens with one attached hydrogen (secondary N) is 1. The standard InChI is InChI=1S/C15H22ClNO/c1-12-7-4-5-8-13(12)14(18)17-11-15(2,3)9-6-10-16/h4-5,7-8H,6,9-11H2,1-3H3,(H,17,18). The lowest BCUT2D eigenvalue weighted by Gasteiger charge is -2.24. The molecule has 1 amide bonds. The van der Waals surface area contributed by atoms with Crippen LogP contribution in [-0.2, 0) is 0 Å². The van der Waals surface area contributed by atoms with Crippen molar-refractivity contribution in [1.82, 2.24) is 5.32 Å². The minimum absolute atomic E-state index is 0.00653. The van der Waals surface area contributed by atoms with E-state index in [2.05, 4.69) is 19.2 Å². The van der Waals surface area contributed by atoms with Crippen LogP contribution in [0.2, 0.25) is 0 Å². The van der Waals surface area contributed by atoms with E-state index in [4.69, 9.17) is 11.6 Å². The minimum Gasteiger partial charge on any atom is -0.351 e. The fourth-order valence-electron chi connectivity index (χ4n) is 1.88. The van der Waals surface area contributed by atoms with Gasteiger partial charge in [-0.3, -0.25) is 4.79 Å². The second-order valence-electron chi connectivity index (χ2n) is 5.45. The van der Waals surface area contributed by atoms with E-state index in [0.29, 0.717) is 12.4 Å². The predicted octanol–water partition coefficient (Wildman–Crippen LogP) is 3.77. The van der Waals surface area contributed by atoms with Crippen molar-refractivity contribution >= 4 is 17.5 Å². The van der Waals surface area contributed by atoms with Gasteiger partial charge in [-0.25, -0.2) is 0 Å². The zero-order valence-corrected chi connectivity index (χ0v) is 12.2. The maximum Gasteiger partial charge on any atom is 0.251 e. The van der Waals surface area contributed by atoms with Crippen LogP contribution < -0.4 is 5.32 Å². The van der Waals surface area contributed by atoms with Crippen LogP contribution in [0.4, 0.5) is 0 Å². The number of alkyl halides is 1. The molecule has 1 N–H and O–H groups in total. The number of hydrogen-bond donors (Lipinski definition) is 1. The summed E-state index contributed by atoms with van der Waals surface area (Å²) in [6, 6.07) is 7.64. The average Bonchev–Trinajstić information content (AvgIpc) is 2.34. The highest BCUT2D eigenvalue weighted by Gasteiger charge is 2.19. The SMILES string of the molecule is Cc1ccccc1C(=O)NCC(C)(C)CCCCl. The molecule has 0 heterocycles. The first-order valence-electron chi connectivity index (χ1n) is 6.36. The van der Waals surface area contributed by atoms with Crippen LogP contribution in [-0.4, -0.2) is 18.3 Å². The monoisotopic (exact) mass is 267 g/mol. The number of amides is 1. The fourth-order valence-corrected chi connectivity index (χ4v) is 2.01. The van der Waals surface area contributed by atoms with Gasteiger partial charge in [-0.1, -0.05) is 32.0 Å². The van der Waals surface area contributed by atoms with Crippen molar-refractivity contribution in [2.45, 2.75) is 33.6 Å². The topological polar surface area (TPSA) is 29.1 Å². The van der Waals surface area contributed by atoms with Crippen molar-refractivity contribution < 1.29 is 4.79 Å². The van der Waals surface area contributed by atoms with Crippen molar-refractivity contribution in [1.29, 1.82) is 0 Å². The zero-order valence-electron chi connectivity index (χ0n) is 11.4. The van der Waals surface area contributed by atoms with E-state index in [9.17, 15) is 4.79 Å². The van der Waals surface area contributed by atoms with Crippen molar-refractivity contribution in [2.24, 2.45) is 5.41 Å². The molecule has 0 fully saturated rings. The third kappa shape index (κ3) is 4.69. The smallest absolute Gasteiger partial charge is 0.251 e. The molecule has 0 atom stereocenters. The number of halogens is 1. The Morgan fingerprint density at radius 3 is 2.61 bits per heavy atom. The molecule has 0 aromatic heterocycles. The maximum absolute atomic E-state index is 12.0. The van der Waals surface area contributed by atoms with Crippen molar-refractivity contribution in [3.63, 3.8) is 0 Å². The number of aryl methyl sites for hydroxylation is 1. The first kappa shape index (κ1) is 15.0. The summed E-state index contributed by atoms with van der Waals surface area (Å²) < 4.78 is 0. The molecule has 0 aliphatic rings. The summed E-state index contributed by atoms with van der Waals surface area (Å²) in [5.41, 5.74) is 1.85. The highest BCUT2D eigenvalue weighted by Crippen LogP contribution is 2.21. The molecular formula is C15H22ClNO. The van der Waals surface area contributed by atoms with Gasteiger partial charge in [0.15, 0.2) is 0 Å². The van der Waals surface area contributed by atoms with Crippen molar-refractivity contribution in [2.75, 3.05) is 12.4 Å². The number of rotatable bonds is 6. The number of benzene rings is 1. The van der Waals surface area contributed by atoms with E-state index in [1.54, 1.807) is 0 Å². The van der Waals surface area contributed by atoms with Gasteiger partial charge in [0.05, 0.1) is 0 Å². The van der Waals surface area contributed by atoms with E-state index < -0.39 is 0 Å². The van der Waals surface area contributed by atoms with Gasteiger partial charge in [-0.05, 0) is 36.8 Å². The third-order valence-electron chi connectivity index (χ3n) is 3.10.